The van der Waals surface area contributed by atoms with Gasteiger partial charge in [-0.3, -0.25) is 4.68 Å². The number of guanidine groups is 1. The quantitative estimate of drug-likeness (QED) is 0.518. The fourth-order valence-electron chi connectivity index (χ4n) is 2.52. The highest BCUT2D eigenvalue weighted by Gasteiger charge is 2.10. The zero-order valence-corrected chi connectivity index (χ0v) is 16.2. The van der Waals surface area contributed by atoms with Gasteiger partial charge in [-0.2, -0.15) is 5.10 Å². The van der Waals surface area contributed by atoms with Gasteiger partial charge in [-0.25, -0.2) is 9.98 Å². The maximum absolute atomic E-state index is 4.71. The normalized spacial score (nSPS) is 11.6. The first-order valence-corrected chi connectivity index (χ1v) is 9.49. The van der Waals surface area contributed by atoms with Crippen molar-refractivity contribution in [1.82, 2.24) is 25.4 Å². The highest BCUT2D eigenvalue weighted by atomic mass is 32.1. The van der Waals surface area contributed by atoms with Crippen LogP contribution in [0, 0.1) is 6.92 Å². The molecule has 0 unspecified atom stereocenters. The van der Waals surface area contributed by atoms with E-state index in [0.717, 1.165) is 34.5 Å². The first-order valence-electron chi connectivity index (χ1n) is 8.68. The van der Waals surface area contributed by atoms with Gasteiger partial charge in [-0.05, 0) is 19.9 Å². The lowest BCUT2D eigenvalue weighted by molar-refractivity contribution is 0.707. The number of benzene rings is 1. The molecule has 136 valence electrons. The molecule has 0 aliphatic heterocycles. The van der Waals surface area contributed by atoms with Crippen molar-refractivity contribution >= 4 is 17.3 Å². The van der Waals surface area contributed by atoms with Gasteiger partial charge in [0.1, 0.15) is 5.01 Å². The molecule has 0 aliphatic carbocycles. The first-order chi connectivity index (χ1) is 12.7. The molecule has 0 aliphatic rings. The second kappa shape index (κ2) is 8.62. The lowest BCUT2D eigenvalue weighted by Crippen LogP contribution is -2.36. The smallest absolute Gasteiger partial charge is 0.191 e. The molecule has 2 heterocycles. The number of thiazole rings is 1. The molecule has 3 aromatic rings. The molecule has 0 fully saturated rings. The maximum atomic E-state index is 4.71. The van der Waals surface area contributed by atoms with Crippen LogP contribution >= 0.6 is 11.3 Å². The van der Waals surface area contributed by atoms with Gasteiger partial charge in [0, 0.05) is 30.2 Å². The fourth-order valence-corrected chi connectivity index (χ4v) is 3.53. The van der Waals surface area contributed by atoms with Gasteiger partial charge in [0.05, 0.1) is 24.5 Å². The summed E-state index contributed by atoms with van der Waals surface area (Å²) < 4.78 is 1.84. The summed E-state index contributed by atoms with van der Waals surface area (Å²) in [5, 5.41) is 11.9. The SMILES string of the molecule is CCNC(=NCc1ccnn1C)NCc1sc(-c2ccccc2)nc1C. The van der Waals surface area contributed by atoms with E-state index in [1.165, 1.54) is 4.88 Å². The summed E-state index contributed by atoms with van der Waals surface area (Å²) in [7, 11) is 1.93. The maximum Gasteiger partial charge on any atom is 0.191 e. The van der Waals surface area contributed by atoms with E-state index in [0.29, 0.717) is 13.1 Å². The monoisotopic (exact) mass is 368 g/mol. The van der Waals surface area contributed by atoms with Gasteiger partial charge in [0.15, 0.2) is 5.96 Å². The van der Waals surface area contributed by atoms with Crippen molar-refractivity contribution in [2.45, 2.75) is 26.9 Å². The van der Waals surface area contributed by atoms with Crippen molar-refractivity contribution in [3.63, 3.8) is 0 Å². The summed E-state index contributed by atoms with van der Waals surface area (Å²) in [5.74, 6) is 0.794. The minimum Gasteiger partial charge on any atom is -0.357 e. The van der Waals surface area contributed by atoms with Crippen LogP contribution in [0.15, 0.2) is 47.6 Å². The number of nitrogens with zero attached hydrogens (tertiary/aromatic N) is 4. The molecule has 1 aromatic carbocycles. The van der Waals surface area contributed by atoms with Crippen LogP contribution in [-0.4, -0.2) is 27.3 Å². The third-order valence-electron chi connectivity index (χ3n) is 4.00. The average Bonchev–Trinajstić information content (AvgIpc) is 3.23. The summed E-state index contributed by atoms with van der Waals surface area (Å²) in [6.45, 7) is 6.22. The van der Waals surface area contributed by atoms with Crippen LogP contribution in [0.2, 0.25) is 0 Å². The van der Waals surface area contributed by atoms with Crippen LogP contribution in [0.4, 0.5) is 0 Å². The predicted molar refractivity (Wildman–Crippen MR) is 107 cm³/mol. The van der Waals surface area contributed by atoms with Crippen LogP contribution in [0.3, 0.4) is 0 Å². The summed E-state index contributed by atoms with van der Waals surface area (Å²) in [5.41, 5.74) is 3.29. The molecule has 0 saturated heterocycles. The Labute approximate surface area is 158 Å². The Kier molecular flexibility index (Phi) is 6.01. The lowest BCUT2D eigenvalue weighted by atomic mass is 10.2. The van der Waals surface area contributed by atoms with Crippen LogP contribution in [-0.2, 0) is 20.1 Å². The molecule has 0 saturated carbocycles. The van der Waals surface area contributed by atoms with E-state index in [-0.39, 0.29) is 0 Å². The first kappa shape index (κ1) is 18.1. The molecule has 0 atom stereocenters. The molecule has 2 aromatic heterocycles. The zero-order chi connectivity index (χ0) is 18.4. The molecule has 0 amide bonds. The van der Waals surface area contributed by atoms with E-state index in [1.807, 2.05) is 36.0 Å². The van der Waals surface area contributed by atoms with E-state index >= 15 is 0 Å². The van der Waals surface area contributed by atoms with E-state index in [2.05, 4.69) is 46.7 Å². The third-order valence-corrected chi connectivity index (χ3v) is 5.20. The lowest BCUT2D eigenvalue weighted by Gasteiger charge is -2.10. The van der Waals surface area contributed by atoms with Crippen LogP contribution in [0.5, 0.6) is 0 Å². The van der Waals surface area contributed by atoms with Gasteiger partial charge < -0.3 is 10.6 Å². The number of nitrogens with one attached hydrogen (secondary N) is 2. The topological polar surface area (TPSA) is 67.1 Å². The van der Waals surface area contributed by atoms with Gasteiger partial charge >= 0.3 is 0 Å². The fraction of sp³-hybridized carbons (Fsp3) is 0.316. The Morgan fingerprint density at radius 1 is 1.19 bits per heavy atom. The summed E-state index contributed by atoms with van der Waals surface area (Å²) in [4.78, 5) is 10.6. The van der Waals surface area contributed by atoms with Gasteiger partial charge in [-0.1, -0.05) is 30.3 Å². The van der Waals surface area contributed by atoms with Crippen molar-refractivity contribution in [2.24, 2.45) is 12.0 Å². The van der Waals surface area contributed by atoms with Crippen LogP contribution in [0.1, 0.15) is 23.2 Å². The molecule has 3 rings (SSSR count). The van der Waals surface area contributed by atoms with Crippen molar-refractivity contribution in [3.05, 3.63) is 58.9 Å². The highest BCUT2D eigenvalue weighted by Crippen LogP contribution is 2.27. The Morgan fingerprint density at radius 2 is 2.00 bits per heavy atom. The largest absolute Gasteiger partial charge is 0.357 e. The minimum atomic E-state index is 0.586. The summed E-state index contributed by atoms with van der Waals surface area (Å²) in [6.07, 6.45) is 1.79. The van der Waals surface area contributed by atoms with Crippen LogP contribution < -0.4 is 10.6 Å². The molecule has 0 spiro atoms. The molecule has 2 N–H and O–H groups in total. The third kappa shape index (κ3) is 4.49. The average molecular weight is 369 g/mol. The molecule has 6 nitrogen and oxygen atoms in total. The second-order valence-electron chi connectivity index (χ2n) is 5.89. The molecular formula is C19H24N6S. The second-order valence-corrected chi connectivity index (χ2v) is 6.97. The predicted octanol–water partition coefficient (Wildman–Crippen LogP) is 3.11. The molecule has 0 radical (unpaired) electrons. The van der Waals surface area contributed by atoms with Crippen molar-refractivity contribution in [1.29, 1.82) is 0 Å². The summed E-state index contributed by atoms with van der Waals surface area (Å²) >= 11 is 1.72. The highest BCUT2D eigenvalue weighted by molar-refractivity contribution is 7.15. The number of aliphatic imine (C=N–C) groups is 1. The standard InChI is InChI=1S/C19H24N6S/c1-4-20-19(21-12-16-10-11-23-25(16)3)22-13-17-14(2)24-18(26-17)15-8-6-5-7-9-15/h5-11H,4,12-13H2,1-3H3,(H2,20,21,22). The van der Waals surface area contributed by atoms with Crippen molar-refractivity contribution in [3.8, 4) is 10.6 Å². The zero-order valence-electron chi connectivity index (χ0n) is 15.4. The Hall–Kier alpha value is -2.67. The molecule has 26 heavy (non-hydrogen) atoms. The number of aromatic nitrogens is 3. The van der Waals surface area contributed by atoms with Gasteiger partial charge in [-0.15, -0.1) is 11.3 Å². The molecule has 0 bridgehead atoms. The molecular weight excluding hydrogens is 344 g/mol. The Balaban J connectivity index is 1.67. The van der Waals surface area contributed by atoms with Gasteiger partial charge in [0.25, 0.3) is 0 Å². The van der Waals surface area contributed by atoms with E-state index in [9.17, 15) is 0 Å². The van der Waals surface area contributed by atoms with E-state index in [1.54, 1.807) is 17.5 Å². The number of rotatable bonds is 6. The number of hydrogen-bond acceptors (Lipinski definition) is 4. The molecule has 7 heteroatoms. The minimum absolute atomic E-state index is 0.586. The summed E-state index contributed by atoms with van der Waals surface area (Å²) in [6, 6.07) is 12.3. The van der Waals surface area contributed by atoms with Crippen molar-refractivity contribution in [2.75, 3.05) is 6.54 Å². The number of aryl methyl sites for hydroxylation is 2. The Bertz CT molecular complexity index is 865. The van der Waals surface area contributed by atoms with Crippen LogP contribution in [0.25, 0.3) is 10.6 Å². The van der Waals surface area contributed by atoms with E-state index in [4.69, 9.17) is 4.98 Å². The number of hydrogen-bond donors (Lipinski definition) is 2. The van der Waals surface area contributed by atoms with Crippen molar-refractivity contribution < 1.29 is 0 Å². The van der Waals surface area contributed by atoms with E-state index < -0.39 is 0 Å². The van der Waals surface area contributed by atoms with Gasteiger partial charge in [0.2, 0.25) is 0 Å². The Morgan fingerprint density at radius 3 is 2.69 bits per heavy atom.